The van der Waals surface area contributed by atoms with E-state index in [0.717, 1.165) is 22.7 Å². The Morgan fingerprint density at radius 3 is 2.48 bits per heavy atom. The Kier molecular flexibility index (Phi) is 5.36. The number of carbonyl (C=O) groups is 1. The molecule has 2 aromatic carbocycles. The van der Waals surface area contributed by atoms with Crippen molar-refractivity contribution in [1.29, 1.82) is 0 Å². The molecule has 0 aliphatic heterocycles. The smallest absolute Gasteiger partial charge is 0.224 e. The highest BCUT2D eigenvalue weighted by Crippen LogP contribution is 2.16. The van der Waals surface area contributed by atoms with Gasteiger partial charge in [0.1, 0.15) is 5.75 Å². The Hall–Kier alpha value is -2.79. The lowest BCUT2D eigenvalue weighted by Crippen LogP contribution is -2.12. The van der Waals surface area contributed by atoms with Crippen molar-refractivity contribution in [3.63, 3.8) is 0 Å². The lowest BCUT2D eigenvalue weighted by molar-refractivity contribution is -0.116. The lowest BCUT2D eigenvalue weighted by atomic mass is 10.1. The maximum absolute atomic E-state index is 12.1. The summed E-state index contributed by atoms with van der Waals surface area (Å²) in [7, 11) is 1.63. The summed E-state index contributed by atoms with van der Waals surface area (Å²) >= 11 is 5.87. The van der Waals surface area contributed by atoms with Crippen LogP contribution in [-0.2, 0) is 11.2 Å². The first-order valence-electron chi connectivity index (χ1n) is 7.87. The quantitative estimate of drug-likeness (QED) is 0.724. The highest BCUT2D eigenvalue weighted by Gasteiger charge is 2.05. The fourth-order valence-electron chi connectivity index (χ4n) is 2.41. The molecule has 1 amide bonds. The van der Waals surface area contributed by atoms with Crippen molar-refractivity contribution in [1.82, 2.24) is 9.78 Å². The van der Waals surface area contributed by atoms with Gasteiger partial charge in [0.25, 0.3) is 0 Å². The van der Waals surface area contributed by atoms with E-state index >= 15 is 0 Å². The third-order valence-corrected chi connectivity index (χ3v) is 3.96. The fraction of sp³-hybridized carbons (Fsp3) is 0.158. The molecule has 0 aliphatic carbocycles. The summed E-state index contributed by atoms with van der Waals surface area (Å²) in [5.74, 6) is 0.789. The molecule has 0 atom stereocenters. The number of nitrogens with one attached hydrogen (secondary N) is 1. The predicted octanol–water partition coefficient (Wildman–Crippen LogP) is 4.11. The molecule has 3 rings (SSSR count). The van der Waals surface area contributed by atoms with Crippen LogP contribution in [0.1, 0.15) is 12.0 Å². The third kappa shape index (κ3) is 4.61. The molecule has 0 radical (unpaired) electrons. The minimum Gasteiger partial charge on any atom is -0.497 e. The van der Waals surface area contributed by atoms with Crippen LogP contribution in [0.15, 0.2) is 60.9 Å². The average molecular weight is 356 g/mol. The van der Waals surface area contributed by atoms with Crippen LogP contribution >= 0.6 is 11.6 Å². The number of aryl methyl sites for hydroxylation is 1. The first-order valence-corrected chi connectivity index (χ1v) is 8.25. The van der Waals surface area contributed by atoms with E-state index in [1.54, 1.807) is 24.2 Å². The zero-order chi connectivity index (χ0) is 17.6. The number of nitrogens with zero attached hydrogens (tertiary/aromatic N) is 2. The van der Waals surface area contributed by atoms with Crippen molar-refractivity contribution in [3.05, 3.63) is 71.5 Å². The van der Waals surface area contributed by atoms with Crippen LogP contribution in [0.2, 0.25) is 5.02 Å². The van der Waals surface area contributed by atoms with Crippen LogP contribution in [-0.4, -0.2) is 22.8 Å². The lowest BCUT2D eigenvalue weighted by Gasteiger charge is -2.07. The minimum atomic E-state index is -0.0225. The molecule has 0 aliphatic rings. The number of amides is 1. The van der Waals surface area contributed by atoms with Crippen LogP contribution in [0.3, 0.4) is 0 Å². The van der Waals surface area contributed by atoms with Crippen LogP contribution in [0.4, 0.5) is 5.69 Å². The zero-order valence-corrected chi connectivity index (χ0v) is 14.5. The van der Waals surface area contributed by atoms with Gasteiger partial charge in [-0.3, -0.25) is 4.79 Å². The van der Waals surface area contributed by atoms with Gasteiger partial charge in [0.05, 0.1) is 24.0 Å². The molecule has 5 nitrogen and oxygen atoms in total. The monoisotopic (exact) mass is 355 g/mol. The summed E-state index contributed by atoms with van der Waals surface area (Å²) < 4.78 is 6.80. The standard InChI is InChI=1S/C19H18ClN3O2/c1-25-18-9-2-14(3-10-18)4-11-19(24)22-16-5-7-17(8-6-16)23-13-15(20)12-21-23/h2-3,5-10,12-13H,4,11H2,1H3,(H,22,24). The topological polar surface area (TPSA) is 56.1 Å². The van der Waals surface area contributed by atoms with E-state index in [9.17, 15) is 4.79 Å². The van der Waals surface area contributed by atoms with Gasteiger partial charge in [-0.05, 0) is 48.4 Å². The van der Waals surface area contributed by atoms with E-state index in [-0.39, 0.29) is 5.91 Å². The summed E-state index contributed by atoms with van der Waals surface area (Å²) in [5.41, 5.74) is 2.73. The second-order valence-corrected chi connectivity index (χ2v) is 5.98. The Bertz CT molecular complexity index is 842. The third-order valence-electron chi connectivity index (χ3n) is 3.77. The molecule has 0 bridgehead atoms. The number of aromatic nitrogens is 2. The van der Waals surface area contributed by atoms with Gasteiger partial charge in [0, 0.05) is 18.3 Å². The normalized spacial score (nSPS) is 10.5. The SMILES string of the molecule is COc1ccc(CCC(=O)Nc2ccc(-n3cc(Cl)cn3)cc2)cc1. The van der Waals surface area contributed by atoms with Crippen molar-refractivity contribution in [2.24, 2.45) is 0 Å². The molecule has 1 heterocycles. The maximum Gasteiger partial charge on any atom is 0.224 e. The summed E-state index contributed by atoms with van der Waals surface area (Å²) in [5, 5.41) is 7.62. The predicted molar refractivity (Wildman–Crippen MR) is 98.5 cm³/mol. The van der Waals surface area contributed by atoms with Crippen LogP contribution in [0, 0.1) is 0 Å². The molecule has 0 saturated heterocycles. The van der Waals surface area contributed by atoms with Crippen molar-refractivity contribution in [2.45, 2.75) is 12.8 Å². The van der Waals surface area contributed by atoms with Crippen molar-refractivity contribution in [3.8, 4) is 11.4 Å². The van der Waals surface area contributed by atoms with Gasteiger partial charge >= 0.3 is 0 Å². The first-order chi connectivity index (χ1) is 12.1. The van der Waals surface area contributed by atoms with Crippen molar-refractivity contribution >= 4 is 23.2 Å². The fourth-order valence-corrected chi connectivity index (χ4v) is 2.55. The molecular weight excluding hydrogens is 338 g/mol. The number of halogens is 1. The number of methoxy groups -OCH3 is 1. The second-order valence-electron chi connectivity index (χ2n) is 5.55. The average Bonchev–Trinajstić information content (AvgIpc) is 3.07. The molecule has 6 heteroatoms. The van der Waals surface area contributed by atoms with Crippen LogP contribution in [0.25, 0.3) is 5.69 Å². The highest BCUT2D eigenvalue weighted by molar-refractivity contribution is 6.30. The second kappa shape index (κ2) is 7.85. The number of rotatable bonds is 6. The number of ether oxygens (including phenoxy) is 1. The van der Waals surface area contributed by atoms with Crippen molar-refractivity contribution in [2.75, 3.05) is 12.4 Å². The first kappa shape index (κ1) is 17.0. The van der Waals surface area contributed by atoms with E-state index in [1.165, 1.54) is 0 Å². The maximum atomic E-state index is 12.1. The van der Waals surface area contributed by atoms with E-state index in [2.05, 4.69) is 10.4 Å². The van der Waals surface area contributed by atoms with Crippen molar-refractivity contribution < 1.29 is 9.53 Å². The molecule has 1 N–H and O–H groups in total. The summed E-state index contributed by atoms with van der Waals surface area (Å²) in [4.78, 5) is 12.1. The zero-order valence-electron chi connectivity index (χ0n) is 13.8. The van der Waals surface area contributed by atoms with Crippen LogP contribution < -0.4 is 10.1 Å². The highest BCUT2D eigenvalue weighted by atomic mass is 35.5. The number of carbonyl (C=O) groups excluding carboxylic acids is 1. The van der Waals surface area contributed by atoms with Gasteiger partial charge in [-0.1, -0.05) is 23.7 Å². The number of anilines is 1. The molecule has 0 unspecified atom stereocenters. The largest absolute Gasteiger partial charge is 0.497 e. The molecule has 25 heavy (non-hydrogen) atoms. The number of hydrogen-bond donors (Lipinski definition) is 1. The van der Waals surface area contributed by atoms with Gasteiger partial charge in [-0.25, -0.2) is 4.68 Å². The number of benzene rings is 2. The van der Waals surface area contributed by atoms with Gasteiger partial charge in [0.15, 0.2) is 0 Å². The van der Waals surface area contributed by atoms with Crippen LogP contribution in [0.5, 0.6) is 5.75 Å². The van der Waals surface area contributed by atoms with E-state index in [1.807, 2.05) is 48.5 Å². The van der Waals surface area contributed by atoms with Gasteiger partial charge in [-0.15, -0.1) is 0 Å². The van der Waals surface area contributed by atoms with Gasteiger partial charge in [-0.2, -0.15) is 5.10 Å². The Balaban J connectivity index is 1.53. The summed E-state index contributed by atoms with van der Waals surface area (Å²) in [6.45, 7) is 0. The number of hydrogen-bond acceptors (Lipinski definition) is 3. The van der Waals surface area contributed by atoms with E-state index in [0.29, 0.717) is 17.9 Å². The van der Waals surface area contributed by atoms with E-state index in [4.69, 9.17) is 16.3 Å². The van der Waals surface area contributed by atoms with Gasteiger partial charge < -0.3 is 10.1 Å². The molecule has 0 fully saturated rings. The van der Waals surface area contributed by atoms with E-state index < -0.39 is 0 Å². The Labute approximate surface area is 151 Å². The summed E-state index contributed by atoms with van der Waals surface area (Å²) in [6.07, 6.45) is 4.41. The molecule has 3 aromatic rings. The molecule has 128 valence electrons. The Morgan fingerprint density at radius 2 is 1.88 bits per heavy atom. The molecule has 0 saturated carbocycles. The molecule has 1 aromatic heterocycles. The van der Waals surface area contributed by atoms with Gasteiger partial charge in [0.2, 0.25) is 5.91 Å². The molecular formula is C19H18ClN3O2. The Morgan fingerprint density at radius 1 is 1.16 bits per heavy atom. The minimum absolute atomic E-state index is 0.0225. The molecule has 0 spiro atoms. The summed E-state index contributed by atoms with van der Waals surface area (Å²) in [6, 6.07) is 15.2.